The first-order chi connectivity index (χ1) is 24.3. The summed E-state index contributed by atoms with van der Waals surface area (Å²) in [5.74, 6) is 1.88. The van der Waals surface area contributed by atoms with Crippen LogP contribution in [0.2, 0.25) is 0 Å². The maximum absolute atomic E-state index is 5.33. The van der Waals surface area contributed by atoms with Crippen molar-refractivity contribution in [2.75, 3.05) is 0 Å². The van der Waals surface area contributed by atoms with Crippen molar-refractivity contribution in [2.45, 2.75) is 0 Å². The van der Waals surface area contributed by atoms with Crippen molar-refractivity contribution in [3.63, 3.8) is 0 Å². The van der Waals surface area contributed by atoms with Crippen LogP contribution < -0.4 is 0 Å². The standard InChI is InChI=1S/C44H29N5/c1-4-14-30(15-5-1)33-20-12-21-34(28-33)39-27-26-38-37-24-10-11-25-40(37)49(44(38)45-39)36-23-13-22-35(29-36)43-47-41(31-16-6-2-7-17-31)46-42(48-43)32-18-8-3-9-19-32/h1-29H. The van der Waals surface area contributed by atoms with Crippen LogP contribution in [-0.2, 0) is 0 Å². The molecule has 0 N–H and O–H groups in total. The highest BCUT2D eigenvalue weighted by Crippen LogP contribution is 2.35. The van der Waals surface area contributed by atoms with E-state index >= 15 is 0 Å². The minimum atomic E-state index is 0.613. The van der Waals surface area contributed by atoms with Gasteiger partial charge in [-0.3, -0.25) is 4.57 Å². The van der Waals surface area contributed by atoms with Crippen LogP contribution in [0, 0.1) is 0 Å². The van der Waals surface area contributed by atoms with Crippen LogP contribution in [0.5, 0.6) is 0 Å². The van der Waals surface area contributed by atoms with Crippen LogP contribution in [0.15, 0.2) is 176 Å². The molecule has 230 valence electrons. The summed E-state index contributed by atoms with van der Waals surface area (Å²) in [7, 11) is 0. The molecule has 0 unspecified atom stereocenters. The molecule has 0 aliphatic carbocycles. The Labute approximate surface area is 283 Å². The van der Waals surface area contributed by atoms with E-state index in [1.165, 1.54) is 5.56 Å². The Bertz CT molecular complexity index is 2540. The van der Waals surface area contributed by atoms with Crippen molar-refractivity contribution >= 4 is 21.9 Å². The lowest BCUT2D eigenvalue weighted by Gasteiger charge is -2.12. The van der Waals surface area contributed by atoms with Gasteiger partial charge in [0.15, 0.2) is 17.5 Å². The molecular weight excluding hydrogens is 599 g/mol. The summed E-state index contributed by atoms with van der Waals surface area (Å²) in [5, 5.41) is 2.25. The fourth-order valence-electron chi connectivity index (χ4n) is 6.47. The topological polar surface area (TPSA) is 56.5 Å². The van der Waals surface area contributed by atoms with E-state index in [4.69, 9.17) is 19.9 Å². The summed E-state index contributed by atoms with van der Waals surface area (Å²) in [6.45, 7) is 0. The minimum Gasteiger partial charge on any atom is -0.294 e. The van der Waals surface area contributed by atoms with E-state index in [1.54, 1.807) is 0 Å². The Hall–Kier alpha value is -6.72. The minimum absolute atomic E-state index is 0.613. The second kappa shape index (κ2) is 12.1. The Kier molecular flexibility index (Phi) is 7.06. The maximum Gasteiger partial charge on any atom is 0.164 e. The average molecular weight is 628 g/mol. The molecule has 9 aromatic rings. The number of benzene rings is 6. The van der Waals surface area contributed by atoms with Crippen molar-refractivity contribution in [3.8, 4) is 62.2 Å². The molecule has 0 amide bonds. The van der Waals surface area contributed by atoms with Gasteiger partial charge in [0.05, 0.1) is 11.2 Å². The number of aromatic nitrogens is 5. The van der Waals surface area contributed by atoms with Gasteiger partial charge in [0.25, 0.3) is 0 Å². The maximum atomic E-state index is 5.33. The molecule has 0 radical (unpaired) electrons. The smallest absolute Gasteiger partial charge is 0.164 e. The van der Waals surface area contributed by atoms with E-state index in [-0.39, 0.29) is 0 Å². The average Bonchev–Trinajstić information content (AvgIpc) is 3.52. The lowest BCUT2D eigenvalue weighted by molar-refractivity contribution is 1.07. The molecule has 5 heteroatoms. The molecular formula is C44H29N5. The zero-order valence-electron chi connectivity index (χ0n) is 26.5. The summed E-state index contributed by atoms with van der Waals surface area (Å²) in [4.78, 5) is 20.2. The number of para-hydroxylation sites is 1. The second-order valence-electron chi connectivity index (χ2n) is 12.0. The van der Waals surface area contributed by atoms with Gasteiger partial charge in [-0.1, -0.05) is 140 Å². The van der Waals surface area contributed by atoms with Crippen molar-refractivity contribution in [1.82, 2.24) is 24.5 Å². The van der Waals surface area contributed by atoms with Crippen molar-refractivity contribution in [2.24, 2.45) is 0 Å². The van der Waals surface area contributed by atoms with Crippen molar-refractivity contribution < 1.29 is 0 Å². The Morgan fingerprint density at radius 3 is 1.55 bits per heavy atom. The highest BCUT2D eigenvalue weighted by molar-refractivity contribution is 6.08. The predicted octanol–water partition coefficient (Wildman–Crippen LogP) is 10.7. The molecule has 5 nitrogen and oxygen atoms in total. The molecule has 3 heterocycles. The largest absolute Gasteiger partial charge is 0.294 e. The monoisotopic (exact) mass is 627 g/mol. The Balaban J connectivity index is 1.21. The van der Waals surface area contributed by atoms with Crippen molar-refractivity contribution in [1.29, 1.82) is 0 Å². The third kappa shape index (κ3) is 5.33. The van der Waals surface area contributed by atoms with Crippen LogP contribution in [-0.4, -0.2) is 24.5 Å². The third-order valence-electron chi connectivity index (χ3n) is 8.85. The van der Waals surface area contributed by atoms with Gasteiger partial charge in [-0.2, -0.15) is 0 Å². The molecule has 0 aliphatic rings. The van der Waals surface area contributed by atoms with Gasteiger partial charge in [0.1, 0.15) is 5.65 Å². The van der Waals surface area contributed by atoms with Crippen LogP contribution in [0.1, 0.15) is 0 Å². The normalized spacial score (nSPS) is 11.3. The van der Waals surface area contributed by atoms with Gasteiger partial charge < -0.3 is 0 Å². The first-order valence-electron chi connectivity index (χ1n) is 16.3. The van der Waals surface area contributed by atoms with Crippen LogP contribution in [0.3, 0.4) is 0 Å². The highest BCUT2D eigenvalue weighted by atomic mass is 15.1. The van der Waals surface area contributed by atoms with Gasteiger partial charge in [0, 0.05) is 38.7 Å². The van der Waals surface area contributed by atoms with Crippen LogP contribution in [0.4, 0.5) is 0 Å². The molecule has 3 aromatic heterocycles. The number of hydrogen-bond acceptors (Lipinski definition) is 4. The molecule has 0 bridgehead atoms. The summed E-state index contributed by atoms with van der Waals surface area (Å²) >= 11 is 0. The Morgan fingerprint density at radius 1 is 0.327 bits per heavy atom. The van der Waals surface area contributed by atoms with E-state index in [1.807, 2.05) is 66.7 Å². The molecule has 0 fully saturated rings. The van der Waals surface area contributed by atoms with Gasteiger partial charge >= 0.3 is 0 Å². The van der Waals surface area contributed by atoms with Gasteiger partial charge in [-0.05, 0) is 47.5 Å². The molecule has 0 aliphatic heterocycles. The van der Waals surface area contributed by atoms with E-state index in [9.17, 15) is 0 Å². The third-order valence-corrected chi connectivity index (χ3v) is 8.85. The molecule has 6 aromatic carbocycles. The van der Waals surface area contributed by atoms with Gasteiger partial charge in [-0.15, -0.1) is 0 Å². The van der Waals surface area contributed by atoms with E-state index in [0.29, 0.717) is 17.5 Å². The number of hydrogen-bond donors (Lipinski definition) is 0. The zero-order valence-corrected chi connectivity index (χ0v) is 26.5. The predicted molar refractivity (Wildman–Crippen MR) is 199 cm³/mol. The first kappa shape index (κ1) is 28.5. The Morgan fingerprint density at radius 2 is 0.857 bits per heavy atom. The summed E-state index contributed by atoms with van der Waals surface area (Å²) in [6.07, 6.45) is 0. The number of rotatable bonds is 6. The molecule has 0 saturated heterocycles. The van der Waals surface area contributed by atoms with Crippen LogP contribution >= 0.6 is 0 Å². The molecule has 0 saturated carbocycles. The van der Waals surface area contributed by atoms with E-state index in [0.717, 1.165) is 61.1 Å². The highest BCUT2D eigenvalue weighted by Gasteiger charge is 2.17. The quantitative estimate of drug-likeness (QED) is 0.184. The number of pyridine rings is 1. The molecule has 49 heavy (non-hydrogen) atoms. The van der Waals surface area contributed by atoms with Gasteiger partial charge in [-0.25, -0.2) is 19.9 Å². The zero-order chi connectivity index (χ0) is 32.6. The molecule has 9 rings (SSSR count). The van der Waals surface area contributed by atoms with E-state index < -0.39 is 0 Å². The molecule has 0 spiro atoms. The summed E-state index contributed by atoms with van der Waals surface area (Å²) in [6, 6.07) is 60.4. The summed E-state index contributed by atoms with van der Waals surface area (Å²) in [5.41, 5.74) is 10.1. The van der Waals surface area contributed by atoms with Crippen molar-refractivity contribution in [3.05, 3.63) is 176 Å². The van der Waals surface area contributed by atoms with Gasteiger partial charge in [0.2, 0.25) is 0 Å². The number of nitrogens with zero attached hydrogens (tertiary/aromatic N) is 5. The lowest BCUT2D eigenvalue weighted by Crippen LogP contribution is -2.01. The summed E-state index contributed by atoms with van der Waals surface area (Å²) < 4.78 is 2.25. The fraction of sp³-hybridized carbons (Fsp3) is 0. The van der Waals surface area contributed by atoms with E-state index in [2.05, 4.69) is 114 Å². The van der Waals surface area contributed by atoms with Crippen LogP contribution in [0.25, 0.3) is 84.2 Å². The second-order valence-corrected chi connectivity index (χ2v) is 12.0. The first-order valence-corrected chi connectivity index (χ1v) is 16.3. The lowest BCUT2D eigenvalue weighted by atomic mass is 10.0. The SMILES string of the molecule is c1ccc(-c2cccc(-c3ccc4c5ccccc5n(-c5cccc(-c6nc(-c7ccccc7)nc(-c7ccccc7)n6)c5)c4n3)c2)cc1. The number of fused-ring (bicyclic) bond motifs is 3. The fourth-order valence-corrected chi connectivity index (χ4v) is 6.47. The molecule has 0 atom stereocenters.